The number of piperidine rings is 1. The average Bonchev–Trinajstić information content (AvgIpc) is 2.62. The summed E-state index contributed by atoms with van der Waals surface area (Å²) in [5.74, 6) is 0.258. The predicted molar refractivity (Wildman–Crippen MR) is 98.9 cm³/mol. The highest BCUT2D eigenvalue weighted by atomic mass is 32.2. The zero-order chi connectivity index (χ0) is 18.3. The maximum absolute atomic E-state index is 11.6. The molecule has 0 spiro atoms. The van der Waals surface area contributed by atoms with Crippen LogP contribution in [0, 0.1) is 5.92 Å². The fraction of sp³-hybridized carbons (Fsp3) is 0.368. The molecule has 0 aliphatic carbocycles. The van der Waals surface area contributed by atoms with Crippen molar-refractivity contribution in [3.05, 3.63) is 71.8 Å². The van der Waals surface area contributed by atoms with Crippen molar-refractivity contribution in [2.24, 2.45) is 5.92 Å². The Balaban J connectivity index is 0.000000399. The molecule has 0 amide bonds. The van der Waals surface area contributed by atoms with Crippen molar-refractivity contribution in [2.75, 3.05) is 19.3 Å². The summed E-state index contributed by atoms with van der Waals surface area (Å²) in [6.45, 7) is 1.96. The lowest BCUT2D eigenvalue weighted by atomic mass is 9.72. The SMILES string of the molecule is CS(=O)(=O)O.OC(c1ccccc1)(c1ccccc1)C1CCNCC1. The molecule has 136 valence electrons. The molecule has 2 aromatic carbocycles. The normalized spacial score (nSPS) is 16.0. The van der Waals surface area contributed by atoms with Gasteiger partial charge in [0.05, 0.1) is 6.26 Å². The Morgan fingerprint density at radius 3 is 1.64 bits per heavy atom. The summed E-state index contributed by atoms with van der Waals surface area (Å²) in [6, 6.07) is 20.2. The molecule has 25 heavy (non-hydrogen) atoms. The van der Waals surface area contributed by atoms with E-state index in [1.807, 2.05) is 60.7 Å². The molecule has 1 heterocycles. The van der Waals surface area contributed by atoms with Gasteiger partial charge in [0.15, 0.2) is 0 Å². The standard InChI is InChI=1S/C18H21NO.CH4O3S/c20-18(15-7-3-1-4-8-15,16-9-5-2-6-10-16)17-11-13-19-14-12-17;1-5(2,3)4/h1-10,17,19-20H,11-14H2;1H3,(H,2,3,4). The van der Waals surface area contributed by atoms with Crippen LogP contribution in [-0.2, 0) is 15.7 Å². The highest BCUT2D eigenvalue weighted by molar-refractivity contribution is 7.85. The molecule has 1 saturated heterocycles. The Morgan fingerprint density at radius 2 is 1.28 bits per heavy atom. The van der Waals surface area contributed by atoms with Crippen LogP contribution in [0.5, 0.6) is 0 Å². The van der Waals surface area contributed by atoms with Crippen LogP contribution in [-0.4, -0.2) is 37.4 Å². The van der Waals surface area contributed by atoms with Gasteiger partial charge in [0.1, 0.15) is 5.60 Å². The maximum Gasteiger partial charge on any atom is 0.261 e. The largest absolute Gasteiger partial charge is 0.380 e. The van der Waals surface area contributed by atoms with Crippen LogP contribution in [0.25, 0.3) is 0 Å². The van der Waals surface area contributed by atoms with Gasteiger partial charge in [0.25, 0.3) is 10.1 Å². The van der Waals surface area contributed by atoms with Gasteiger partial charge in [-0.1, -0.05) is 60.7 Å². The predicted octanol–water partition coefficient (Wildman–Crippen LogP) is 2.43. The molecule has 1 aliphatic rings. The van der Waals surface area contributed by atoms with Crippen molar-refractivity contribution >= 4 is 10.1 Å². The molecule has 2 aromatic rings. The van der Waals surface area contributed by atoms with Gasteiger partial charge < -0.3 is 10.4 Å². The molecule has 0 aromatic heterocycles. The zero-order valence-electron chi connectivity index (χ0n) is 14.3. The van der Waals surface area contributed by atoms with E-state index in [0.29, 0.717) is 6.26 Å². The highest BCUT2D eigenvalue weighted by Gasteiger charge is 2.40. The smallest absolute Gasteiger partial charge is 0.261 e. The van der Waals surface area contributed by atoms with Gasteiger partial charge in [-0.25, -0.2) is 0 Å². The second-order valence-corrected chi connectivity index (χ2v) is 7.72. The number of hydrogen-bond donors (Lipinski definition) is 3. The molecule has 1 aliphatic heterocycles. The summed E-state index contributed by atoms with van der Waals surface area (Å²) in [7, 11) is -3.67. The quantitative estimate of drug-likeness (QED) is 0.729. The van der Waals surface area contributed by atoms with Gasteiger partial charge in [-0.05, 0) is 43.0 Å². The first kappa shape index (κ1) is 19.6. The molecule has 3 N–H and O–H groups in total. The van der Waals surface area contributed by atoms with Gasteiger partial charge in [-0.2, -0.15) is 8.42 Å². The van der Waals surface area contributed by atoms with E-state index in [1.165, 1.54) is 0 Å². The lowest BCUT2D eigenvalue weighted by molar-refractivity contribution is 0.00236. The second kappa shape index (κ2) is 8.58. The number of rotatable bonds is 3. The molecule has 6 heteroatoms. The van der Waals surface area contributed by atoms with Crippen LogP contribution in [0.3, 0.4) is 0 Å². The van der Waals surface area contributed by atoms with Gasteiger partial charge in [-0.15, -0.1) is 0 Å². The van der Waals surface area contributed by atoms with Gasteiger partial charge >= 0.3 is 0 Å². The summed E-state index contributed by atoms with van der Waals surface area (Å²) in [6.07, 6.45) is 2.72. The third-order valence-electron chi connectivity index (χ3n) is 4.36. The molecular formula is C19H25NO4S. The molecule has 0 bridgehead atoms. The number of benzene rings is 2. The van der Waals surface area contributed by atoms with Crippen LogP contribution < -0.4 is 5.32 Å². The Labute approximate surface area is 149 Å². The number of hydrogen-bond acceptors (Lipinski definition) is 4. The molecule has 0 unspecified atom stereocenters. The molecule has 0 radical (unpaired) electrons. The van der Waals surface area contributed by atoms with Crippen molar-refractivity contribution in [3.63, 3.8) is 0 Å². The molecular weight excluding hydrogens is 338 g/mol. The van der Waals surface area contributed by atoms with E-state index in [0.717, 1.165) is 37.1 Å². The minimum Gasteiger partial charge on any atom is -0.380 e. The first-order chi connectivity index (χ1) is 11.8. The van der Waals surface area contributed by atoms with E-state index in [9.17, 15) is 13.5 Å². The van der Waals surface area contributed by atoms with E-state index in [1.54, 1.807) is 0 Å². The van der Waals surface area contributed by atoms with Crippen molar-refractivity contribution in [1.29, 1.82) is 0 Å². The Morgan fingerprint density at radius 1 is 0.920 bits per heavy atom. The number of aliphatic hydroxyl groups is 1. The van der Waals surface area contributed by atoms with E-state index < -0.39 is 15.7 Å². The van der Waals surface area contributed by atoms with Crippen LogP contribution >= 0.6 is 0 Å². The lowest BCUT2D eigenvalue weighted by Gasteiger charge is -2.39. The Hall–Kier alpha value is -1.73. The van der Waals surface area contributed by atoms with E-state index in [4.69, 9.17) is 4.55 Å². The highest BCUT2D eigenvalue weighted by Crippen LogP contribution is 2.40. The Bertz CT molecular complexity index is 694. The van der Waals surface area contributed by atoms with Gasteiger partial charge in [-0.3, -0.25) is 4.55 Å². The second-order valence-electron chi connectivity index (χ2n) is 6.26. The van der Waals surface area contributed by atoms with E-state index in [2.05, 4.69) is 5.32 Å². The molecule has 3 rings (SSSR count). The minimum absolute atomic E-state index is 0.258. The molecule has 1 fully saturated rings. The van der Waals surface area contributed by atoms with E-state index in [-0.39, 0.29) is 5.92 Å². The average molecular weight is 363 g/mol. The fourth-order valence-corrected chi connectivity index (χ4v) is 3.26. The van der Waals surface area contributed by atoms with Crippen molar-refractivity contribution in [1.82, 2.24) is 5.32 Å². The number of nitrogens with one attached hydrogen (secondary N) is 1. The lowest BCUT2D eigenvalue weighted by Crippen LogP contribution is -2.42. The van der Waals surface area contributed by atoms with Crippen molar-refractivity contribution < 1.29 is 18.1 Å². The third-order valence-corrected chi connectivity index (χ3v) is 4.36. The summed E-state index contributed by atoms with van der Waals surface area (Å²) in [5, 5.41) is 14.9. The van der Waals surface area contributed by atoms with Crippen molar-refractivity contribution in [2.45, 2.75) is 18.4 Å². The fourth-order valence-electron chi connectivity index (χ4n) is 3.26. The van der Waals surface area contributed by atoms with E-state index >= 15 is 0 Å². The topological polar surface area (TPSA) is 86.6 Å². The summed E-state index contributed by atoms with van der Waals surface area (Å²) >= 11 is 0. The van der Waals surface area contributed by atoms with Crippen LogP contribution in [0.1, 0.15) is 24.0 Å². The van der Waals surface area contributed by atoms with Crippen LogP contribution in [0.2, 0.25) is 0 Å². The zero-order valence-corrected chi connectivity index (χ0v) is 15.1. The first-order valence-corrected chi connectivity index (χ1v) is 10.1. The minimum atomic E-state index is -3.67. The summed E-state index contributed by atoms with van der Waals surface area (Å²) in [4.78, 5) is 0. The van der Waals surface area contributed by atoms with Gasteiger partial charge in [0.2, 0.25) is 0 Å². The molecule has 5 nitrogen and oxygen atoms in total. The maximum atomic E-state index is 11.6. The summed E-state index contributed by atoms with van der Waals surface area (Å²) < 4.78 is 25.9. The van der Waals surface area contributed by atoms with Crippen molar-refractivity contribution in [3.8, 4) is 0 Å². The third kappa shape index (κ3) is 5.64. The molecule has 0 saturated carbocycles. The molecule has 0 atom stereocenters. The first-order valence-electron chi connectivity index (χ1n) is 8.28. The monoisotopic (exact) mass is 363 g/mol. The van der Waals surface area contributed by atoms with Crippen LogP contribution in [0.4, 0.5) is 0 Å². The Kier molecular flexibility index (Phi) is 6.72. The van der Waals surface area contributed by atoms with Gasteiger partial charge in [0, 0.05) is 0 Å². The van der Waals surface area contributed by atoms with Crippen LogP contribution in [0.15, 0.2) is 60.7 Å². The summed E-state index contributed by atoms with van der Waals surface area (Å²) in [5.41, 5.74) is 1.11.